The maximum atomic E-state index is 13.8. The summed E-state index contributed by atoms with van der Waals surface area (Å²) in [5, 5.41) is 13.8. The largest absolute Gasteiger partial charge is 0.416 e. The fraction of sp³-hybridized carbons (Fsp3) is 0.607. The lowest BCUT2D eigenvalue weighted by Gasteiger charge is -2.38. The number of aliphatic hydroxyl groups is 1. The van der Waals surface area contributed by atoms with Crippen molar-refractivity contribution in [2.24, 2.45) is 0 Å². The first-order valence-corrected chi connectivity index (χ1v) is 13.8. The number of carbonyl (C=O) groups excluding carboxylic acids is 1. The van der Waals surface area contributed by atoms with Gasteiger partial charge in [-0.15, -0.1) is 0 Å². The Morgan fingerprint density at radius 2 is 1.82 bits per heavy atom. The van der Waals surface area contributed by atoms with Crippen molar-refractivity contribution in [1.29, 1.82) is 0 Å². The van der Waals surface area contributed by atoms with E-state index in [2.05, 4.69) is 27.1 Å². The molecule has 39 heavy (non-hydrogen) atoms. The van der Waals surface area contributed by atoms with E-state index in [1.54, 1.807) is 0 Å². The molecule has 1 amide bonds. The molecule has 8 nitrogen and oxygen atoms in total. The lowest BCUT2D eigenvalue weighted by Crippen LogP contribution is -2.50. The first kappa shape index (κ1) is 27.8. The van der Waals surface area contributed by atoms with Crippen LogP contribution in [0, 0.1) is 0 Å². The van der Waals surface area contributed by atoms with Crippen LogP contribution in [0.15, 0.2) is 30.6 Å². The fourth-order valence-corrected chi connectivity index (χ4v) is 5.98. The van der Waals surface area contributed by atoms with E-state index in [0.717, 1.165) is 36.4 Å². The zero-order valence-electron chi connectivity index (χ0n) is 22.2. The Bertz CT molecular complexity index is 1130. The summed E-state index contributed by atoms with van der Waals surface area (Å²) in [6.07, 6.45) is -0.592. The topological polar surface area (TPSA) is 90.8 Å². The number of amides is 1. The number of aliphatic hydroxyl groups excluding tert-OH is 1. The number of alkyl halides is 3. The molecule has 0 spiro atoms. The van der Waals surface area contributed by atoms with Gasteiger partial charge in [0.15, 0.2) is 0 Å². The van der Waals surface area contributed by atoms with Crippen molar-refractivity contribution in [2.45, 2.75) is 62.8 Å². The molecule has 1 aromatic heterocycles. The van der Waals surface area contributed by atoms with Crippen LogP contribution in [0.3, 0.4) is 0 Å². The molecule has 0 radical (unpaired) electrons. The standard InChI is InChI=1S/C28H36F3N5O3/c1-18-16-23(37)25-24(18)26(34-17-33-25)35-10-12-36(13-11-35)27(38)22(6-9-32-21-7-14-39-15-8-21)19-2-4-20(5-3-19)28(29,30)31/h2-5,17-18,21-23,32,37H,6-16H2,1H3/t18-,22-,23-/m1/s1. The van der Waals surface area contributed by atoms with Crippen molar-refractivity contribution in [3.05, 3.63) is 53.0 Å². The zero-order chi connectivity index (χ0) is 27.6. The highest BCUT2D eigenvalue weighted by Crippen LogP contribution is 2.43. The Labute approximate surface area is 226 Å². The van der Waals surface area contributed by atoms with Gasteiger partial charge in [0.2, 0.25) is 5.91 Å². The minimum atomic E-state index is -4.42. The van der Waals surface area contributed by atoms with Crippen LogP contribution in [0.5, 0.6) is 0 Å². The number of benzene rings is 1. The molecule has 212 valence electrons. The molecule has 3 atom stereocenters. The average Bonchev–Trinajstić information content (AvgIpc) is 3.24. The van der Waals surface area contributed by atoms with E-state index in [1.165, 1.54) is 18.5 Å². The Morgan fingerprint density at radius 1 is 1.13 bits per heavy atom. The van der Waals surface area contributed by atoms with Crippen LogP contribution in [-0.4, -0.2) is 77.9 Å². The van der Waals surface area contributed by atoms with Crippen LogP contribution in [-0.2, 0) is 15.7 Å². The van der Waals surface area contributed by atoms with Crippen molar-refractivity contribution in [3.8, 4) is 0 Å². The van der Waals surface area contributed by atoms with Crippen LogP contribution in [0.2, 0.25) is 0 Å². The van der Waals surface area contributed by atoms with Crippen LogP contribution in [0.25, 0.3) is 0 Å². The first-order chi connectivity index (χ1) is 18.7. The lowest BCUT2D eigenvalue weighted by molar-refractivity contribution is -0.137. The van der Waals surface area contributed by atoms with E-state index < -0.39 is 23.8 Å². The van der Waals surface area contributed by atoms with Gasteiger partial charge in [0, 0.05) is 51.0 Å². The molecule has 3 heterocycles. The summed E-state index contributed by atoms with van der Waals surface area (Å²) in [6.45, 7) is 6.20. The highest BCUT2D eigenvalue weighted by Gasteiger charge is 2.35. The summed E-state index contributed by atoms with van der Waals surface area (Å²) in [5.41, 5.74) is 1.54. The number of anilines is 1. The second-order valence-electron chi connectivity index (χ2n) is 10.8. The summed E-state index contributed by atoms with van der Waals surface area (Å²) in [6, 6.07) is 5.32. The number of nitrogens with one attached hydrogen (secondary N) is 1. The Morgan fingerprint density at radius 3 is 2.49 bits per heavy atom. The zero-order valence-corrected chi connectivity index (χ0v) is 22.2. The van der Waals surface area contributed by atoms with Gasteiger partial charge < -0.3 is 25.0 Å². The summed E-state index contributed by atoms with van der Waals surface area (Å²) < 4.78 is 44.9. The minimum absolute atomic E-state index is 0.0695. The lowest BCUT2D eigenvalue weighted by atomic mass is 9.92. The number of hydrogen-bond acceptors (Lipinski definition) is 7. The summed E-state index contributed by atoms with van der Waals surface area (Å²) in [7, 11) is 0. The van der Waals surface area contributed by atoms with Gasteiger partial charge in [0.1, 0.15) is 12.1 Å². The number of hydrogen-bond donors (Lipinski definition) is 2. The van der Waals surface area contributed by atoms with Crippen molar-refractivity contribution in [2.75, 3.05) is 50.8 Å². The van der Waals surface area contributed by atoms with Gasteiger partial charge in [-0.05, 0) is 55.8 Å². The third-order valence-corrected chi connectivity index (χ3v) is 8.20. The molecular formula is C28H36F3N5O3. The van der Waals surface area contributed by atoms with Crippen molar-refractivity contribution < 1.29 is 27.8 Å². The Kier molecular flexibility index (Phi) is 8.39. The van der Waals surface area contributed by atoms with E-state index in [1.807, 2.05) is 4.90 Å². The van der Waals surface area contributed by atoms with E-state index in [0.29, 0.717) is 76.1 Å². The molecule has 0 bridgehead atoms. The van der Waals surface area contributed by atoms with Crippen molar-refractivity contribution in [3.63, 3.8) is 0 Å². The number of carbonyl (C=O) groups is 1. The summed E-state index contributed by atoms with van der Waals surface area (Å²) >= 11 is 0. The van der Waals surface area contributed by atoms with Gasteiger partial charge in [-0.3, -0.25) is 4.79 Å². The van der Waals surface area contributed by atoms with E-state index in [9.17, 15) is 23.1 Å². The van der Waals surface area contributed by atoms with Gasteiger partial charge in [0.05, 0.1) is 23.3 Å². The number of halogens is 3. The van der Waals surface area contributed by atoms with Crippen molar-refractivity contribution >= 4 is 11.7 Å². The maximum absolute atomic E-state index is 13.8. The number of fused-ring (bicyclic) bond motifs is 1. The second kappa shape index (κ2) is 11.8. The van der Waals surface area contributed by atoms with Gasteiger partial charge in [-0.1, -0.05) is 19.1 Å². The van der Waals surface area contributed by atoms with Crippen molar-refractivity contribution in [1.82, 2.24) is 20.2 Å². The highest BCUT2D eigenvalue weighted by molar-refractivity contribution is 5.84. The monoisotopic (exact) mass is 547 g/mol. The highest BCUT2D eigenvalue weighted by atomic mass is 19.4. The summed E-state index contributed by atoms with van der Waals surface area (Å²) in [4.78, 5) is 26.5. The van der Waals surface area contributed by atoms with E-state index >= 15 is 0 Å². The number of rotatable bonds is 7. The molecule has 0 saturated carbocycles. The number of ether oxygens (including phenoxy) is 1. The van der Waals surface area contributed by atoms with E-state index in [-0.39, 0.29) is 11.8 Å². The fourth-order valence-electron chi connectivity index (χ4n) is 5.98. The summed E-state index contributed by atoms with van der Waals surface area (Å²) in [5.74, 6) is 0.360. The molecular weight excluding hydrogens is 511 g/mol. The number of nitrogens with zero attached hydrogens (tertiary/aromatic N) is 4. The molecule has 3 aliphatic rings. The van der Waals surface area contributed by atoms with E-state index in [4.69, 9.17) is 4.74 Å². The predicted octanol–water partition coefficient (Wildman–Crippen LogP) is 3.63. The smallest absolute Gasteiger partial charge is 0.387 e. The molecule has 2 fully saturated rings. The van der Waals surface area contributed by atoms with Crippen LogP contribution >= 0.6 is 0 Å². The predicted molar refractivity (Wildman–Crippen MR) is 139 cm³/mol. The van der Waals surface area contributed by atoms with Crippen LogP contribution in [0.4, 0.5) is 19.0 Å². The van der Waals surface area contributed by atoms with Crippen LogP contribution in [0.1, 0.15) is 72.9 Å². The molecule has 0 unspecified atom stereocenters. The molecule has 5 rings (SSSR count). The SMILES string of the molecule is C[C@@H]1C[C@@H](O)c2ncnc(N3CCN(C(=O)[C@H](CCNC4CCOCC4)c4ccc(C(F)(F)F)cc4)CC3)c21. The molecule has 2 aliphatic heterocycles. The van der Waals surface area contributed by atoms with Gasteiger partial charge in [0.25, 0.3) is 0 Å². The maximum Gasteiger partial charge on any atom is 0.416 e. The Balaban J connectivity index is 1.27. The quantitative estimate of drug-likeness (QED) is 0.547. The molecule has 1 aromatic carbocycles. The van der Waals surface area contributed by atoms with Gasteiger partial charge >= 0.3 is 6.18 Å². The molecule has 2 aromatic rings. The Hall–Kier alpha value is -2.76. The average molecular weight is 548 g/mol. The van der Waals surface area contributed by atoms with Gasteiger partial charge in [-0.25, -0.2) is 9.97 Å². The molecule has 2 N–H and O–H groups in total. The second-order valence-corrected chi connectivity index (χ2v) is 10.8. The first-order valence-electron chi connectivity index (χ1n) is 13.8. The van der Waals surface area contributed by atoms with Crippen LogP contribution < -0.4 is 10.2 Å². The normalized spacial score (nSPS) is 23.1. The molecule has 1 aliphatic carbocycles. The molecule has 11 heteroatoms. The number of piperazine rings is 1. The minimum Gasteiger partial charge on any atom is -0.387 e. The third kappa shape index (κ3) is 6.20. The van der Waals surface area contributed by atoms with Gasteiger partial charge in [-0.2, -0.15) is 13.2 Å². The number of aromatic nitrogens is 2. The molecule has 2 saturated heterocycles. The third-order valence-electron chi connectivity index (χ3n) is 8.20.